The van der Waals surface area contributed by atoms with Crippen molar-refractivity contribution in [3.8, 4) is 5.75 Å². The number of piperidine rings is 1. The lowest BCUT2D eigenvalue weighted by Gasteiger charge is -2.33. The van der Waals surface area contributed by atoms with Crippen molar-refractivity contribution in [1.29, 1.82) is 0 Å². The van der Waals surface area contributed by atoms with E-state index in [4.69, 9.17) is 9.47 Å². The van der Waals surface area contributed by atoms with Crippen LogP contribution in [0.4, 0.5) is 0 Å². The predicted molar refractivity (Wildman–Crippen MR) is 108 cm³/mol. The smallest absolute Gasteiger partial charge is 0.254 e. The molecule has 0 unspecified atom stereocenters. The number of fused-ring (bicyclic) bond motifs is 1. The van der Waals surface area contributed by atoms with Crippen molar-refractivity contribution in [2.45, 2.75) is 25.4 Å². The lowest BCUT2D eigenvalue weighted by atomic mass is 9.97. The van der Waals surface area contributed by atoms with E-state index in [0.717, 1.165) is 43.8 Å². The number of para-hydroxylation sites is 1. The van der Waals surface area contributed by atoms with Crippen LogP contribution in [0.15, 0.2) is 54.6 Å². The third kappa shape index (κ3) is 4.72. The summed E-state index contributed by atoms with van der Waals surface area (Å²) < 4.78 is 11.0. The van der Waals surface area contributed by atoms with Gasteiger partial charge in [0.1, 0.15) is 5.75 Å². The summed E-state index contributed by atoms with van der Waals surface area (Å²) >= 11 is 0. The fourth-order valence-corrected chi connectivity index (χ4v) is 4.09. The zero-order valence-corrected chi connectivity index (χ0v) is 16.2. The molecule has 28 heavy (non-hydrogen) atoms. The summed E-state index contributed by atoms with van der Waals surface area (Å²) in [4.78, 5) is 15.2. The average Bonchev–Trinajstić information content (AvgIpc) is 2.77. The number of rotatable bonds is 6. The molecule has 5 heteroatoms. The van der Waals surface area contributed by atoms with Crippen LogP contribution in [0.1, 0.15) is 30.1 Å². The summed E-state index contributed by atoms with van der Waals surface area (Å²) in [5.41, 5.74) is 2.19. The van der Waals surface area contributed by atoms with Gasteiger partial charge in [-0.25, -0.2) is 0 Å². The van der Waals surface area contributed by atoms with Crippen LogP contribution in [0.2, 0.25) is 0 Å². The molecule has 5 nitrogen and oxygen atoms in total. The maximum atomic E-state index is 12.7. The SMILES string of the molecule is O=C(NC[C@H]1CCCN(CCc2ccccc2)C1)[C@@H]1OCOc2ccccc21. The number of ether oxygens (including phenoxy) is 2. The van der Waals surface area contributed by atoms with Crippen LogP contribution in [-0.2, 0) is 16.0 Å². The highest BCUT2D eigenvalue weighted by atomic mass is 16.7. The van der Waals surface area contributed by atoms with Gasteiger partial charge in [0.15, 0.2) is 12.9 Å². The second-order valence-corrected chi connectivity index (χ2v) is 7.64. The molecule has 2 aromatic carbocycles. The first-order chi connectivity index (χ1) is 13.8. The molecule has 2 aliphatic heterocycles. The van der Waals surface area contributed by atoms with Gasteiger partial charge in [-0.05, 0) is 43.4 Å². The highest BCUT2D eigenvalue weighted by Gasteiger charge is 2.29. The Bertz CT molecular complexity index is 780. The first-order valence-electron chi connectivity index (χ1n) is 10.2. The summed E-state index contributed by atoms with van der Waals surface area (Å²) in [7, 11) is 0. The number of likely N-dealkylation sites (tertiary alicyclic amines) is 1. The molecule has 0 spiro atoms. The number of amides is 1. The van der Waals surface area contributed by atoms with Crippen LogP contribution in [0.3, 0.4) is 0 Å². The van der Waals surface area contributed by atoms with Crippen molar-refractivity contribution in [3.05, 3.63) is 65.7 Å². The Kier molecular flexibility index (Phi) is 6.24. The minimum atomic E-state index is -0.581. The predicted octanol–water partition coefficient (Wildman–Crippen LogP) is 3.17. The van der Waals surface area contributed by atoms with E-state index < -0.39 is 6.10 Å². The Morgan fingerprint density at radius 1 is 1.11 bits per heavy atom. The summed E-state index contributed by atoms with van der Waals surface area (Å²) in [6, 6.07) is 18.2. The largest absolute Gasteiger partial charge is 0.467 e. The van der Waals surface area contributed by atoms with Crippen molar-refractivity contribution < 1.29 is 14.3 Å². The standard InChI is InChI=1S/C23H28N2O3/c26-23(22-20-10-4-5-11-21(20)27-17-28-22)24-15-19-9-6-13-25(16-19)14-12-18-7-2-1-3-8-18/h1-5,7-8,10-11,19,22H,6,9,12-17H2,(H,24,26)/t19-,22-/m1/s1. The van der Waals surface area contributed by atoms with E-state index in [0.29, 0.717) is 12.5 Å². The minimum Gasteiger partial charge on any atom is -0.467 e. The average molecular weight is 380 g/mol. The molecule has 2 atom stereocenters. The van der Waals surface area contributed by atoms with Crippen LogP contribution in [0, 0.1) is 5.92 Å². The monoisotopic (exact) mass is 380 g/mol. The molecule has 2 aromatic rings. The van der Waals surface area contributed by atoms with E-state index in [-0.39, 0.29) is 12.7 Å². The first kappa shape index (κ1) is 19.0. The third-order valence-electron chi connectivity index (χ3n) is 5.62. The van der Waals surface area contributed by atoms with Crippen LogP contribution >= 0.6 is 0 Å². The Balaban J connectivity index is 1.26. The fraction of sp³-hybridized carbons (Fsp3) is 0.435. The zero-order valence-electron chi connectivity index (χ0n) is 16.2. The van der Waals surface area contributed by atoms with E-state index in [1.54, 1.807) is 0 Å². The number of hydrogen-bond donors (Lipinski definition) is 1. The van der Waals surface area contributed by atoms with Crippen molar-refractivity contribution in [2.75, 3.05) is 33.0 Å². The topological polar surface area (TPSA) is 50.8 Å². The molecular formula is C23H28N2O3. The summed E-state index contributed by atoms with van der Waals surface area (Å²) in [5, 5.41) is 3.11. The fourth-order valence-electron chi connectivity index (χ4n) is 4.09. The Morgan fingerprint density at radius 3 is 2.82 bits per heavy atom. The molecule has 1 amide bonds. The molecule has 1 saturated heterocycles. The van der Waals surface area contributed by atoms with Gasteiger partial charge in [-0.1, -0.05) is 48.5 Å². The molecule has 1 fully saturated rings. The van der Waals surface area contributed by atoms with Crippen LogP contribution in [-0.4, -0.2) is 43.8 Å². The van der Waals surface area contributed by atoms with Gasteiger partial charge in [-0.3, -0.25) is 4.79 Å². The minimum absolute atomic E-state index is 0.0721. The van der Waals surface area contributed by atoms with Crippen molar-refractivity contribution >= 4 is 5.91 Å². The molecule has 0 aliphatic carbocycles. The number of nitrogens with one attached hydrogen (secondary N) is 1. The van der Waals surface area contributed by atoms with Gasteiger partial charge in [0.25, 0.3) is 5.91 Å². The quantitative estimate of drug-likeness (QED) is 0.836. The molecule has 0 saturated carbocycles. The van der Waals surface area contributed by atoms with E-state index in [1.807, 2.05) is 24.3 Å². The van der Waals surface area contributed by atoms with Crippen LogP contribution in [0.5, 0.6) is 5.75 Å². The molecule has 0 aromatic heterocycles. The molecule has 148 valence electrons. The van der Waals surface area contributed by atoms with E-state index >= 15 is 0 Å². The van der Waals surface area contributed by atoms with Crippen molar-refractivity contribution in [2.24, 2.45) is 5.92 Å². The second kappa shape index (κ2) is 9.22. The third-order valence-corrected chi connectivity index (χ3v) is 5.62. The number of benzene rings is 2. The molecular weight excluding hydrogens is 352 g/mol. The lowest BCUT2D eigenvalue weighted by molar-refractivity contribution is -0.142. The van der Waals surface area contributed by atoms with Crippen molar-refractivity contribution in [3.63, 3.8) is 0 Å². The number of nitrogens with zero attached hydrogens (tertiary/aromatic N) is 1. The van der Waals surface area contributed by atoms with Gasteiger partial charge in [0.05, 0.1) is 0 Å². The molecule has 0 radical (unpaired) electrons. The maximum absolute atomic E-state index is 12.7. The normalized spacial score (nSPS) is 22.1. The van der Waals surface area contributed by atoms with Gasteiger partial charge < -0.3 is 19.7 Å². The second-order valence-electron chi connectivity index (χ2n) is 7.64. The Hall–Kier alpha value is -2.37. The van der Waals surface area contributed by atoms with Gasteiger partial charge in [-0.15, -0.1) is 0 Å². The van der Waals surface area contributed by atoms with E-state index in [2.05, 4.69) is 40.5 Å². The van der Waals surface area contributed by atoms with Gasteiger partial charge in [0, 0.05) is 25.2 Å². The van der Waals surface area contributed by atoms with Gasteiger partial charge >= 0.3 is 0 Å². The van der Waals surface area contributed by atoms with E-state index in [1.165, 1.54) is 12.0 Å². The van der Waals surface area contributed by atoms with Crippen molar-refractivity contribution in [1.82, 2.24) is 10.2 Å². The number of carbonyl (C=O) groups excluding carboxylic acids is 1. The van der Waals surface area contributed by atoms with E-state index in [9.17, 15) is 4.79 Å². The maximum Gasteiger partial charge on any atom is 0.254 e. The number of hydrogen-bond acceptors (Lipinski definition) is 4. The highest BCUT2D eigenvalue weighted by molar-refractivity contribution is 5.83. The molecule has 0 bridgehead atoms. The molecule has 4 rings (SSSR count). The zero-order chi connectivity index (χ0) is 19.2. The summed E-state index contributed by atoms with van der Waals surface area (Å²) in [5.74, 6) is 1.15. The molecule has 2 heterocycles. The van der Waals surface area contributed by atoms with Crippen LogP contribution < -0.4 is 10.1 Å². The Labute approximate surface area is 166 Å². The summed E-state index contributed by atoms with van der Waals surface area (Å²) in [6.07, 6.45) is 2.84. The van der Waals surface area contributed by atoms with Gasteiger partial charge in [0.2, 0.25) is 0 Å². The summed E-state index contributed by atoms with van der Waals surface area (Å²) in [6.45, 7) is 4.08. The van der Waals surface area contributed by atoms with Crippen LogP contribution in [0.25, 0.3) is 0 Å². The molecule has 2 aliphatic rings. The van der Waals surface area contributed by atoms with Gasteiger partial charge in [-0.2, -0.15) is 0 Å². The lowest BCUT2D eigenvalue weighted by Crippen LogP contribution is -2.43. The Morgan fingerprint density at radius 2 is 1.93 bits per heavy atom. The first-order valence-corrected chi connectivity index (χ1v) is 10.2. The molecule has 1 N–H and O–H groups in total. The highest BCUT2D eigenvalue weighted by Crippen LogP contribution is 2.31. The number of carbonyl (C=O) groups is 1.